The van der Waals surface area contributed by atoms with Crippen LogP contribution in [0.5, 0.6) is 0 Å². The number of para-hydroxylation sites is 1. The van der Waals surface area contributed by atoms with Gasteiger partial charge in [-0.2, -0.15) is 0 Å². The van der Waals surface area contributed by atoms with Crippen LogP contribution in [0.15, 0.2) is 192 Å². The predicted octanol–water partition coefficient (Wildman–Crippen LogP) is 13.2. The van der Waals surface area contributed by atoms with Gasteiger partial charge in [0, 0.05) is 27.5 Å². The fourth-order valence-electron chi connectivity index (χ4n) is 6.87. The summed E-state index contributed by atoms with van der Waals surface area (Å²) in [6.45, 7) is 0. The van der Waals surface area contributed by atoms with E-state index in [2.05, 4.69) is 181 Å². The molecule has 0 bridgehead atoms. The maximum atomic E-state index is 6.10. The zero-order valence-electron chi connectivity index (χ0n) is 26.3. The first-order chi connectivity index (χ1) is 23.8. The third-order valence-corrected chi connectivity index (χ3v) is 9.23. The van der Waals surface area contributed by atoms with Crippen molar-refractivity contribution in [3.63, 3.8) is 0 Å². The Morgan fingerprint density at radius 2 is 0.875 bits per heavy atom. The van der Waals surface area contributed by atoms with Gasteiger partial charge in [0.25, 0.3) is 0 Å². The van der Waals surface area contributed by atoms with Crippen LogP contribution in [0.4, 0.5) is 17.1 Å². The maximum Gasteiger partial charge on any atom is 0.135 e. The minimum atomic E-state index is 0.909. The van der Waals surface area contributed by atoms with Gasteiger partial charge >= 0.3 is 0 Å². The van der Waals surface area contributed by atoms with Crippen molar-refractivity contribution in [1.29, 1.82) is 0 Å². The van der Waals surface area contributed by atoms with E-state index in [1.54, 1.807) is 0 Å². The van der Waals surface area contributed by atoms with E-state index in [4.69, 9.17) is 4.42 Å². The number of hydrogen-bond acceptors (Lipinski definition) is 2. The highest BCUT2D eigenvalue weighted by atomic mass is 16.3. The van der Waals surface area contributed by atoms with Crippen LogP contribution in [0.3, 0.4) is 0 Å². The molecule has 0 amide bonds. The molecular weight excluding hydrogens is 583 g/mol. The second-order valence-electron chi connectivity index (χ2n) is 12.2. The average molecular weight is 614 g/mol. The summed E-state index contributed by atoms with van der Waals surface area (Å²) in [7, 11) is 0. The number of rotatable bonds is 6. The smallest absolute Gasteiger partial charge is 0.135 e. The topological polar surface area (TPSA) is 16.4 Å². The van der Waals surface area contributed by atoms with E-state index in [-0.39, 0.29) is 0 Å². The van der Waals surface area contributed by atoms with Crippen molar-refractivity contribution in [2.24, 2.45) is 0 Å². The first-order valence-corrected chi connectivity index (χ1v) is 16.3. The van der Waals surface area contributed by atoms with Gasteiger partial charge in [-0.05, 0) is 93.4 Å². The summed E-state index contributed by atoms with van der Waals surface area (Å²) >= 11 is 0. The summed E-state index contributed by atoms with van der Waals surface area (Å²) in [6, 6.07) is 67.1. The molecule has 2 heteroatoms. The molecule has 2 nitrogen and oxygen atoms in total. The summed E-state index contributed by atoms with van der Waals surface area (Å²) in [5.74, 6) is 0. The molecule has 0 spiro atoms. The molecule has 226 valence electrons. The van der Waals surface area contributed by atoms with Crippen LogP contribution in [0, 0.1) is 0 Å². The standard InChI is InChI=1S/C46H31NO/c1-3-12-32(13-4-1)37-28-38(33-14-5-2-6-15-33)30-40(29-37)47(44-20-11-17-35-16-7-8-18-41(35)44)39-25-22-34(23-26-39)36-24-27-46-43(31-36)42-19-9-10-21-45(42)48-46/h1-31H. The zero-order chi connectivity index (χ0) is 31.9. The Labute approximate surface area is 279 Å². The summed E-state index contributed by atoms with van der Waals surface area (Å²) in [4.78, 5) is 2.40. The van der Waals surface area contributed by atoms with E-state index >= 15 is 0 Å². The van der Waals surface area contributed by atoms with Crippen LogP contribution in [0.1, 0.15) is 0 Å². The minimum absolute atomic E-state index is 0.909. The first kappa shape index (κ1) is 27.9. The van der Waals surface area contributed by atoms with Crippen molar-refractivity contribution in [1.82, 2.24) is 0 Å². The van der Waals surface area contributed by atoms with E-state index in [1.165, 1.54) is 33.0 Å². The summed E-state index contributed by atoms with van der Waals surface area (Å²) < 4.78 is 6.10. The van der Waals surface area contributed by atoms with Gasteiger partial charge < -0.3 is 9.32 Å². The fourth-order valence-corrected chi connectivity index (χ4v) is 6.87. The van der Waals surface area contributed by atoms with Gasteiger partial charge in [-0.1, -0.05) is 133 Å². The van der Waals surface area contributed by atoms with Crippen molar-refractivity contribution >= 4 is 49.8 Å². The van der Waals surface area contributed by atoms with Gasteiger partial charge in [0.05, 0.1) is 5.69 Å². The lowest BCUT2D eigenvalue weighted by molar-refractivity contribution is 0.669. The molecule has 0 atom stereocenters. The van der Waals surface area contributed by atoms with Gasteiger partial charge in [-0.3, -0.25) is 0 Å². The number of fused-ring (bicyclic) bond motifs is 4. The molecule has 0 unspecified atom stereocenters. The van der Waals surface area contributed by atoms with Gasteiger partial charge in [0.1, 0.15) is 11.2 Å². The first-order valence-electron chi connectivity index (χ1n) is 16.3. The quantitative estimate of drug-likeness (QED) is 0.185. The van der Waals surface area contributed by atoms with Gasteiger partial charge in [-0.25, -0.2) is 0 Å². The molecule has 0 fully saturated rings. The lowest BCUT2D eigenvalue weighted by Crippen LogP contribution is -2.11. The predicted molar refractivity (Wildman–Crippen MR) is 202 cm³/mol. The van der Waals surface area contributed by atoms with E-state index < -0.39 is 0 Å². The van der Waals surface area contributed by atoms with Crippen LogP contribution in [0.25, 0.3) is 66.1 Å². The van der Waals surface area contributed by atoms with Gasteiger partial charge in [0.2, 0.25) is 0 Å². The van der Waals surface area contributed by atoms with Crippen molar-refractivity contribution in [3.05, 3.63) is 188 Å². The molecule has 0 aliphatic heterocycles. The number of nitrogens with zero attached hydrogens (tertiary/aromatic N) is 1. The number of furan rings is 1. The van der Waals surface area contributed by atoms with Gasteiger partial charge in [0.15, 0.2) is 0 Å². The highest BCUT2D eigenvalue weighted by Crippen LogP contribution is 2.43. The van der Waals surface area contributed by atoms with E-state index in [0.717, 1.165) is 50.1 Å². The molecule has 0 saturated carbocycles. The second kappa shape index (κ2) is 11.8. The Morgan fingerprint density at radius 3 is 1.60 bits per heavy atom. The third-order valence-electron chi connectivity index (χ3n) is 9.23. The SMILES string of the molecule is c1ccc(-c2cc(-c3ccccc3)cc(N(c3ccc(-c4ccc5oc6ccccc6c5c4)cc3)c3cccc4ccccc34)c2)cc1. The minimum Gasteiger partial charge on any atom is -0.456 e. The lowest BCUT2D eigenvalue weighted by atomic mass is 9.96. The number of hydrogen-bond donors (Lipinski definition) is 0. The summed E-state index contributed by atoms with van der Waals surface area (Å²) in [6.07, 6.45) is 0. The van der Waals surface area contributed by atoms with Crippen LogP contribution in [-0.2, 0) is 0 Å². The summed E-state index contributed by atoms with van der Waals surface area (Å²) in [5.41, 5.74) is 12.2. The Balaban J connectivity index is 1.22. The highest BCUT2D eigenvalue weighted by Gasteiger charge is 2.18. The molecule has 1 heterocycles. The summed E-state index contributed by atoms with van der Waals surface area (Å²) in [5, 5.41) is 4.68. The Hall–Kier alpha value is -6.38. The Kier molecular flexibility index (Phi) is 6.84. The molecule has 9 aromatic rings. The molecular formula is C46H31NO. The largest absolute Gasteiger partial charge is 0.456 e. The molecule has 0 aliphatic carbocycles. The molecule has 9 rings (SSSR count). The van der Waals surface area contributed by atoms with Crippen LogP contribution >= 0.6 is 0 Å². The van der Waals surface area contributed by atoms with Crippen molar-refractivity contribution < 1.29 is 4.42 Å². The van der Waals surface area contributed by atoms with E-state index in [0.29, 0.717) is 0 Å². The number of anilines is 3. The van der Waals surface area contributed by atoms with Crippen LogP contribution in [0.2, 0.25) is 0 Å². The molecule has 0 aliphatic rings. The highest BCUT2D eigenvalue weighted by molar-refractivity contribution is 6.06. The van der Waals surface area contributed by atoms with E-state index in [9.17, 15) is 0 Å². The van der Waals surface area contributed by atoms with Gasteiger partial charge in [-0.15, -0.1) is 0 Å². The molecule has 48 heavy (non-hydrogen) atoms. The lowest BCUT2D eigenvalue weighted by Gasteiger charge is -2.28. The fraction of sp³-hybridized carbons (Fsp3) is 0. The number of benzene rings is 8. The van der Waals surface area contributed by atoms with Crippen molar-refractivity contribution in [2.75, 3.05) is 4.90 Å². The van der Waals surface area contributed by atoms with E-state index in [1.807, 2.05) is 12.1 Å². The zero-order valence-corrected chi connectivity index (χ0v) is 26.3. The monoisotopic (exact) mass is 613 g/mol. The van der Waals surface area contributed by atoms with Crippen LogP contribution in [-0.4, -0.2) is 0 Å². The third kappa shape index (κ3) is 5.01. The van der Waals surface area contributed by atoms with Crippen LogP contribution < -0.4 is 4.90 Å². The Morgan fingerprint density at radius 1 is 0.312 bits per heavy atom. The van der Waals surface area contributed by atoms with Crippen molar-refractivity contribution in [3.8, 4) is 33.4 Å². The molecule has 8 aromatic carbocycles. The second-order valence-corrected chi connectivity index (χ2v) is 12.2. The molecule has 0 radical (unpaired) electrons. The Bertz CT molecular complexity index is 2480. The normalized spacial score (nSPS) is 11.3. The van der Waals surface area contributed by atoms with Crippen molar-refractivity contribution in [2.45, 2.75) is 0 Å². The average Bonchev–Trinajstić information content (AvgIpc) is 3.54. The molecule has 1 aromatic heterocycles. The maximum absolute atomic E-state index is 6.10. The molecule has 0 saturated heterocycles. The molecule has 0 N–H and O–H groups in total.